The van der Waals surface area contributed by atoms with Crippen LogP contribution >= 0.6 is 27.5 Å². The monoisotopic (exact) mass is 1870 g/mol. The lowest BCUT2D eigenvalue weighted by Gasteiger charge is -2.27. The second-order valence-electron chi connectivity index (χ2n) is 45.5. The first-order chi connectivity index (χ1) is 57.2. The summed E-state index contributed by atoms with van der Waals surface area (Å²) in [4.78, 5) is 0.673. The molecule has 0 atom stereocenters. The van der Waals surface area contributed by atoms with Crippen LogP contribution < -0.4 is 20.6 Å². The Labute approximate surface area is 769 Å². The van der Waals surface area contributed by atoms with Crippen molar-refractivity contribution in [3.05, 3.63) is 163 Å². The second-order valence-corrected chi connectivity index (χ2v) is 52.7. The fraction of sp³-hybridized carbons (Fsp3) is 0.612. The molecule has 125 heavy (non-hydrogen) atoms. The van der Waals surface area contributed by atoms with E-state index in [9.17, 15) is 33.7 Å². The molecule has 0 aliphatic heterocycles. The van der Waals surface area contributed by atoms with Gasteiger partial charge in [-0.3, -0.25) is 0 Å². The van der Waals surface area contributed by atoms with E-state index in [1.807, 2.05) is 18.4 Å². The summed E-state index contributed by atoms with van der Waals surface area (Å²) in [5, 5.41) is 22.6. The number of nitrogens with two attached hydrogens (primary N) is 4. The SMILES string of the molecule is CC(C)(C)c1cc(-c2cc(S(N)(=O)=O)c(Br)n2CC2CCCCC2)cc(C(C)(C)C)c1.CC(C)(C)c1cc(-c2cc(S(N)(=O)=O)c(Cl)n2CC2CCCCC2)cc(C(C)(C)C)c1.Cc1c(S(N)(=O)=O)cc(-c2cc(C(C)(C)C)cc(C(C)(C)C)c2)n1CC1CCCCC1.Cc1c(S(N)(=O)=O)cc(-c2cc(C(C)(C)C)cc(C(C)(C)C)c2)n1CC1CCCCCC1. The highest BCUT2D eigenvalue weighted by atomic mass is 79.9. The molecule has 694 valence electrons. The highest BCUT2D eigenvalue weighted by Gasteiger charge is 2.34. The summed E-state index contributed by atoms with van der Waals surface area (Å²) in [5.41, 5.74) is 19.2. The minimum atomic E-state index is -3.91. The normalized spacial score (nSPS) is 16.7. The Hall–Kier alpha value is -5.59. The Kier molecular flexibility index (Phi) is 32.6. The fourth-order valence-corrected chi connectivity index (χ4v) is 22.8. The minimum Gasteiger partial charge on any atom is -0.343 e. The molecular weight excluding hydrogens is 1720 g/mol. The van der Waals surface area contributed by atoms with Gasteiger partial charge in [0.1, 0.15) is 29.3 Å². The molecule has 0 amide bonds. The molecule has 0 radical (unpaired) electrons. The van der Waals surface area contributed by atoms with Crippen molar-refractivity contribution >= 4 is 67.6 Å². The van der Waals surface area contributed by atoms with Crippen molar-refractivity contribution < 1.29 is 33.7 Å². The highest BCUT2D eigenvalue weighted by Crippen LogP contribution is 2.46. The molecule has 22 heteroatoms. The molecule has 0 bridgehead atoms. The van der Waals surface area contributed by atoms with E-state index in [1.165, 1.54) is 167 Å². The average molecular weight is 1880 g/mol. The highest BCUT2D eigenvalue weighted by molar-refractivity contribution is 9.10. The Morgan fingerprint density at radius 2 is 0.448 bits per heavy atom. The quantitative estimate of drug-likeness (QED) is 0.0675. The van der Waals surface area contributed by atoms with Gasteiger partial charge in [0.15, 0.2) is 0 Å². The summed E-state index contributed by atoms with van der Waals surface area (Å²) in [6.45, 7) is 60.2. The number of halogens is 2. The lowest BCUT2D eigenvalue weighted by Crippen LogP contribution is -2.18. The van der Waals surface area contributed by atoms with E-state index in [0.717, 1.165) is 88.9 Å². The van der Waals surface area contributed by atoms with Crippen molar-refractivity contribution in [2.45, 2.75) is 404 Å². The maximum absolute atomic E-state index is 12.4. The van der Waals surface area contributed by atoms with Gasteiger partial charge in [-0.2, -0.15) is 0 Å². The third-order valence-electron chi connectivity index (χ3n) is 26.6. The van der Waals surface area contributed by atoms with Gasteiger partial charge in [-0.15, -0.1) is 0 Å². The van der Waals surface area contributed by atoms with Crippen LogP contribution in [0.3, 0.4) is 0 Å². The van der Waals surface area contributed by atoms with E-state index in [0.29, 0.717) is 34.8 Å². The molecule has 4 saturated carbocycles. The smallest absolute Gasteiger partial charge is 0.241 e. The number of hydrogen-bond acceptors (Lipinski definition) is 8. The van der Waals surface area contributed by atoms with Crippen LogP contribution in [0.25, 0.3) is 45.0 Å². The first-order valence-electron chi connectivity index (χ1n) is 46.2. The van der Waals surface area contributed by atoms with Gasteiger partial charge in [0, 0.05) is 49.0 Å². The third kappa shape index (κ3) is 27.1. The maximum Gasteiger partial charge on any atom is 0.241 e. The van der Waals surface area contributed by atoms with Crippen LogP contribution in [0.5, 0.6) is 0 Å². The summed E-state index contributed by atoms with van der Waals surface area (Å²) in [7, 11) is -15.3. The lowest BCUT2D eigenvalue weighted by atomic mass is 9.79. The zero-order chi connectivity index (χ0) is 93.5. The maximum atomic E-state index is 12.4. The molecule has 8 aromatic rings. The summed E-state index contributed by atoms with van der Waals surface area (Å²) in [5.74, 6) is 2.21. The summed E-state index contributed by atoms with van der Waals surface area (Å²) < 4.78 is 108. The van der Waals surface area contributed by atoms with Crippen molar-refractivity contribution in [2.24, 2.45) is 44.2 Å². The van der Waals surface area contributed by atoms with E-state index in [-0.39, 0.29) is 68.1 Å². The van der Waals surface area contributed by atoms with E-state index in [1.54, 1.807) is 24.3 Å². The number of nitrogens with zero attached hydrogens (tertiary/aromatic N) is 4. The molecule has 4 heterocycles. The predicted molar refractivity (Wildman–Crippen MR) is 528 cm³/mol. The van der Waals surface area contributed by atoms with Crippen molar-refractivity contribution in [3.63, 3.8) is 0 Å². The number of benzene rings is 4. The largest absolute Gasteiger partial charge is 0.343 e. The third-order valence-corrected chi connectivity index (χ3v) is 32.2. The fourth-order valence-electron chi connectivity index (χ4n) is 18.3. The first kappa shape index (κ1) is 103. The van der Waals surface area contributed by atoms with Crippen LogP contribution in [0.2, 0.25) is 5.15 Å². The molecule has 0 spiro atoms. The summed E-state index contributed by atoms with van der Waals surface area (Å²) >= 11 is 10.2. The van der Waals surface area contributed by atoms with Crippen molar-refractivity contribution in [1.29, 1.82) is 0 Å². The standard InChI is InChI=1S/C27H42N2O2S.C26H40N2O2S.C25H37BrN2O2S.C25H37ClN2O2S/c1-19-25(32(28,30)31)17-24(29(19)18-20-12-10-8-9-11-13-20)21-14-22(26(2,3)4)16-23(15-21)27(5,6)7;1-18-24(31(27,29)30)16-23(28(18)17-19-11-9-8-10-12-19)20-13-21(25(2,3)4)15-22(14-20)26(5,6)7;2*1-24(2,3)19-12-18(13-20(14-19)25(4,5)6)21-15-22(31(27,29)30)23(26)28(21)16-17-10-8-7-9-11-17/h14-17,20H,8-13,18H2,1-7H3,(H2,28,30,31);13-16,19H,8-12,17H2,1-7H3,(H2,27,29,30);2*12-15,17H,7-11,16H2,1-6H3,(H2,27,29,30). The molecule has 4 aliphatic rings. The van der Waals surface area contributed by atoms with Crippen LogP contribution in [-0.2, 0) is 110 Å². The zero-order valence-electron chi connectivity index (χ0n) is 81.0. The minimum absolute atomic E-state index is 0.00534. The molecule has 0 unspecified atom stereocenters. The van der Waals surface area contributed by atoms with E-state index < -0.39 is 40.1 Å². The predicted octanol–water partition coefficient (Wildman–Crippen LogP) is 26.3. The number of rotatable bonds is 16. The molecule has 0 saturated heterocycles. The molecule has 4 aliphatic carbocycles. The lowest BCUT2D eigenvalue weighted by molar-refractivity contribution is 0.318. The Morgan fingerprint density at radius 3 is 0.664 bits per heavy atom. The number of sulfonamides is 4. The molecule has 16 nitrogen and oxygen atoms in total. The summed E-state index contributed by atoms with van der Waals surface area (Å²) in [6, 6.07) is 33.8. The second kappa shape index (κ2) is 39.5. The van der Waals surface area contributed by atoms with Crippen LogP contribution in [-0.4, -0.2) is 51.9 Å². The van der Waals surface area contributed by atoms with Gasteiger partial charge in [-0.05, 0) is 288 Å². The van der Waals surface area contributed by atoms with E-state index in [4.69, 9.17) is 32.2 Å². The van der Waals surface area contributed by atoms with Crippen molar-refractivity contribution in [1.82, 2.24) is 18.3 Å². The van der Waals surface area contributed by atoms with Crippen LogP contribution in [0.4, 0.5) is 0 Å². The molecule has 12 rings (SSSR count). The van der Waals surface area contributed by atoms with Gasteiger partial charge in [0.25, 0.3) is 0 Å². The van der Waals surface area contributed by atoms with Crippen molar-refractivity contribution in [3.8, 4) is 45.0 Å². The van der Waals surface area contributed by atoms with Crippen molar-refractivity contribution in [2.75, 3.05) is 0 Å². The molecule has 4 aromatic heterocycles. The van der Waals surface area contributed by atoms with Crippen LogP contribution in [0.1, 0.15) is 357 Å². The van der Waals surface area contributed by atoms with Gasteiger partial charge in [-0.25, -0.2) is 54.2 Å². The average Bonchev–Trinajstić information content (AvgIpc) is 1.68. The topological polar surface area (TPSA) is 260 Å². The van der Waals surface area contributed by atoms with E-state index in [2.05, 4.69) is 269 Å². The summed E-state index contributed by atoms with van der Waals surface area (Å²) in [6.07, 6.45) is 25.9. The molecule has 4 fully saturated rings. The molecular formula is C103H156BrClN8O8S4. The van der Waals surface area contributed by atoms with Gasteiger partial charge in [-0.1, -0.05) is 286 Å². The van der Waals surface area contributed by atoms with E-state index >= 15 is 0 Å². The van der Waals surface area contributed by atoms with Crippen LogP contribution in [0.15, 0.2) is 121 Å². The van der Waals surface area contributed by atoms with Gasteiger partial charge >= 0.3 is 0 Å². The Bertz CT molecular complexity index is 5050. The molecule has 4 aromatic carbocycles. The van der Waals surface area contributed by atoms with Gasteiger partial charge in [0.05, 0.1) is 11.4 Å². The first-order valence-corrected chi connectivity index (χ1v) is 53.5. The zero-order valence-corrected chi connectivity index (χ0v) is 86.6. The molecule has 8 N–H and O–H groups in total. The number of primary sulfonamides is 4. The Morgan fingerprint density at radius 1 is 0.272 bits per heavy atom. The Balaban J connectivity index is 0.000000189. The number of hydrogen-bond donors (Lipinski definition) is 4. The number of aromatic nitrogens is 4. The van der Waals surface area contributed by atoms with Gasteiger partial charge in [0.2, 0.25) is 40.1 Å². The van der Waals surface area contributed by atoms with Crippen LogP contribution in [0, 0.1) is 37.5 Å². The van der Waals surface area contributed by atoms with Gasteiger partial charge < -0.3 is 18.3 Å².